The molecular formula is C13H14ClNO. The second kappa shape index (κ2) is 5.77. The van der Waals surface area contributed by atoms with Crippen molar-refractivity contribution in [2.45, 2.75) is 31.8 Å². The molecule has 3 heteroatoms. The lowest BCUT2D eigenvalue weighted by molar-refractivity contribution is 0.209. The molecule has 2 rings (SSSR count). The molecule has 0 aliphatic heterocycles. The minimum Gasteiger partial charge on any atom is -0.489 e. The lowest BCUT2D eigenvalue weighted by Crippen LogP contribution is -2.10. The Morgan fingerprint density at radius 2 is 2.19 bits per heavy atom. The molecule has 1 saturated carbocycles. The summed E-state index contributed by atoms with van der Waals surface area (Å²) < 4.78 is 5.83. The first kappa shape index (κ1) is 11.3. The van der Waals surface area contributed by atoms with E-state index in [1.54, 1.807) is 12.4 Å². The Labute approximate surface area is 101 Å². The minimum atomic E-state index is 0.341. The van der Waals surface area contributed by atoms with E-state index in [1.165, 1.54) is 12.8 Å². The van der Waals surface area contributed by atoms with E-state index in [-0.39, 0.29) is 0 Å². The zero-order valence-corrected chi connectivity index (χ0v) is 9.83. The zero-order chi connectivity index (χ0) is 11.2. The second-order valence-corrected chi connectivity index (χ2v) is 4.14. The van der Waals surface area contributed by atoms with E-state index in [1.807, 2.05) is 6.07 Å². The molecule has 1 heterocycles. The summed E-state index contributed by atoms with van der Waals surface area (Å²) in [6, 6.07) is 1.92. The Hall–Kier alpha value is -1.20. The van der Waals surface area contributed by atoms with Crippen LogP contribution in [0.3, 0.4) is 0 Å². The maximum absolute atomic E-state index is 5.83. The van der Waals surface area contributed by atoms with E-state index in [0.29, 0.717) is 12.0 Å². The van der Waals surface area contributed by atoms with Crippen LogP contribution in [0, 0.1) is 11.8 Å². The first-order valence-electron chi connectivity index (χ1n) is 5.55. The highest BCUT2D eigenvalue weighted by atomic mass is 35.5. The van der Waals surface area contributed by atoms with Gasteiger partial charge >= 0.3 is 0 Å². The van der Waals surface area contributed by atoms with Gasteiger partial charge in [0.2, 0.25) is 0 Å². The maximum Gasteiger partial charge on any atom is 0.139 e. The molecule has 0 amide bonds. The quantitative estimate of drug-likeness (QED) is 0.581. The second-order valence-electron chi connectivity index (χ2n) is 3.87. The predicted molar refractivity (Wildman–Crippen MR) is 64.7 cm³/mol. The van der Waals surface area contributed by atoms with Crippen LogP contribution in [0.5, 0.6) is 5.75 Å². The Morgan fingerprint density at radius 1 is 1.38 bits per heavy atom. The van der Waals surface area contributed by atoms with Crippen molar-refractivity contribution in [2.75, 3.05) is 5.88 Å². The van der Waals surface area contributed by atoms with Crippen LogP contribution in [0.4, 0.5) is 0 Å². The van der Waals surface area contributed by atoms with E-state index in [4.69, 9.17) is 16.3 Å². The molecule has 16 heavy (non-hydrogen) atoms. The van der Waals surface area contributed by atoms with E-state index >= 15 is 0 Å². The van der Waals surface area contributed by atoms with Gasteiger partial charge in [0.05, 0.1) is 18.2 Å². The van der Waals surface area contributed by atoms with Crippen LogP contribution in [0.1, 0.15) is 31.2 Å². The third-order valence-electron chi connectivity index (χ3n) is 2.62. The largest absolute Gasteiger partial charge is 0.489 e. The third-order valence-corrected chi connectivity index (χ3v) is 2.75. The summed E-state index contributed by atoms with van der Waals surface area (Å²) in [6.07, 6.45) is 8.66. The van der Waals surface area contributed by atoms with Gasteiger partial charge in [0.25, 0.3) is 0 Å². The first-order valence-corrected chi connectivity index (χ1v) is 6.08. The molecule has 0 unspecified atom stereocenters. The SMILES string of the molecule is ClCC#Cc1cncc(OC2CCCC2)c1. The van der Waals surface area contributed by atoms with E-state index in [9.17, 15) is 0 Å². The number of nitrogens with zero attached hydrogens (tertiary/aromatic N) is 1. The van der Waals surface area contributed by atoms with Crippen LogP contribution in [0.25, 0.3) is 0 Å². The Balaban J connectivity index is 2.03. The molecule has 84 valence electrons. The summed E-state index contributed by atoms with van der Waals surface area (Å²) in [5.74, 6) is 6.89. The average Bonchev–Trinajstić information content (AvgIpc) is 2.80. The van der Waals surface area contributed by atoms with Crippen molar-refractivity contribution in [1.29, 1.82) is 0 Å². The van der Waals surface area contributed by atoms with Gasteiger partial charge < -0.3 is 4.74 Å². The smallest absolute Gasteiger partial charge is 0.139 e. The van der Waals surface area contributed by atoms with Gasteiger partial charge in [-0.2, -0.15) is 0 Å². The van der Waals surface area contributed by atoms with Crippen molar-refractivity contribution in [3.05, 3.63) is 24.0 Å². The summed E-state index contributed by atoms with van der Waals surface area (Å²) in [5, 5.41) is 0. The summed E-state index contributed by atoms with van der Waals surface area (Å²) >= 11 is 5.50. The summed E-state index contributed by atoms with van der Waals surface area (Å²) in [6.45, 7) is 0. The van der Waals surface area contributed by atoms with Gasteiger partial charge in [-0.3, -0.25) is 4.98 Å². The van der Waals surface area contributed by atoms with E-state index in [2.05, 4.69) is 16.8 Å². The fourth-order valence-corrected chi connectivity index (χ4v) is 1.95. The van der Waals surface area contributed by atoms with E-state index in [0.717, 1.165) is 24.2 Å². The lowest BCUT2D eigenvalue weighted by atomic mass is 10.2. The normalized spacial score (nSPS) is 15.6. The number of alkyl halides is 1. The fraction of sp³-hybridized carbons (Fsp3) is 0.462. The van der Waals surface area contributed by atoms with Gasteiger partial charge in [-0.15, -0.1) is 11.6 Å². The van der Waals surface area contributed by atoms with E-state index < -0.39 is 0 Å². The number of aromatic nitrogens is 1. The highest BCUT2D eigenvalue weighted by molar-refractivity contribution is 6.19. The van der Waals surface area contributed by atoms with Crippen LogP contribution in [0.15, 0.2) is 18.5 Å². The predicted octanol–water partition coefficient (Wildman–Crippen LogP) is 2.99. The van der Waals surface area contributed by atoms with Crippen molar-refractivity contribution in [3.63, 3.8) is 0 Å². The molecule has 1 aromatic rings. The summed E-state index contributed by atoms with van der Waals surface area (Å²) in [5.41, 5.74) is 0.858. The Kier molecular flexibility index (Phi) is 4.07. The molecular weight excluding hydrogens is 222 g/mol. The number of rotatable bonds is 2. The maximum atomic E-state index is 5.83. The topological polar surface area (TPSA) is 22.1 Å². The standard InChI is InChI=1S/C13H14ClNO/c14-7-3-4-11-8-13(10-15-9-11)16-12-5-1-2-6-12/h8-10,12H,1-2,5-7H2. The van der Waals surface area contributed by atoms with Gasteiger partial charge in [-0.05, 0) is 31.7 Å². The molecule has 1 aromatic heterocycles. The van der Waals surface area contributed by atoms with Crippen LogP contribution < -0.4 is 4.74 Å². The molecule has 0 atom stereocenters. The molecule has 2 nitrogen and oxygen atoms in total. The molecule has 0 aromatic carbocycles. The Bertz CT molecular complexity index is 402. The Morgan fingerprint density at radius 3 is 2.94 bits per heavy atom. The zero-order valence-electron chi connectivity index (χ0n) is 9.08. The van der Waals surface area contributed by atoms with Gasteiger partial charge in [0, 0.05) is 11.8 Å². The van der Waals surface area contributed by atoms with Crippen LogP contribution in [-0.4, -0.2) is 17.0 Å². The monoisotopic (exact) mass is 235 g/mol. The van der Waals surface area contributed by atoms with Crippen molar-refractivity contribution in [3.8, 4) is 17.6 Å². The number of ether oxygens (including phenoxy) is 1. The highest BCUT2D eigenvalue weighted by Gasteiger charge is 2.16. The number of hydrogen-bond acceptors (Lipinski definition) is 2. The number of halogens is 1. The van der Waals surface area contributed by atoms with Gasteiger partial charge in [0.15, 0.2) is 0 Å². The van der Waals surface area contributed by atoms with Gasteiger partial charge in [-0.1, -0.05) is 11.8 Å². The highest BCUT2D eigenvalue weighted by Crippen LogP contribution is 2.23. The minimum absolute atomic E-state index is 0.341. The molecule has 0 radical (unpaired) electrons. The summed E-state index contributed by atoms with van der Waals surface area (Å²) in [4.78, 5) is 4.11. The summed E-state index contributed by atoms with van der Waals surface area (Å²) in [7, 11) is 0. The van der Waals surface area contributed by atoms with Crippen LogP contribution in [0.2, 0.25) is 0 Å². The molecule has 1 aliphatic rings. The van der Waals surface area contributed by atoms with Gasteiger partial charge in [0.1, 0.15) is 5.75 Å². The molecule has 0 N–H and O–H groups in total. The molecule has 0 bridgehead atoms. The van der Waals surface area contributed by atoms with Gasteiger partial charge in [-0.25, -0.2) is 0 Å². The van der Waals surface area contributed by atoms with Crippen molar-refractivity contribution in [1.82, 2.24) is 4.98 Å². The first-order chi connectivity index (χ1) is 7.88. The lowest BCUT2D eigenvalue weighted by Gasteiger charge is -2.12. The molecule has 0 spiro atoms. The van der Waals surface area contributed by atoms with Crippen LogP contribution in [-0.2, 0) is 0 Å². The average molecular weight is 236 g/mol. The molecule has 1 fully saturated rings. The van der Waals surface area contributed by atoms with Crippen molar-refractivity contribution < 1.29 is 4.74 Å². The number of hydrogen-bond donors (Lipinski definition) is 0. The van der Waals surface area contributed by atoms with Crippen molar-refractivity contribution in [2.24, 2.45) is 0 Å². The fourth-order valence-electron chi connectivity index (χ4n) is 1.89. The van der Waals surface area contributed by atoms with Crippen LogP contribution >= 0.6 is 11.6 Å². The number of pyridine rings is 1. The van der Waals surface area contributed by atoms with Crippen molar-refractivity contribution >= 4 is 11.6 Å². The molecule has 0 saturated heterocycles. The molecule has 1 aliphatic carbocycles. The third kappa shape index (κ3) is 3.15.